The van der Waals surface area contributed by atoms with Gasteiger partial charge in [0, 0.05) is 11.3 Å². The monoisotopic (exact) mass is 312 g/mol. The van der Waals surface area contributed by atoms with E-state index in [2.05, 4.69) is 33.9 Å². The fourth-order valence-electron chi connectivity index (χ4n) is 3.01. The van der Waals surface area contributed by atoms with Crippen molar-refractivity contribution >= 4 is 20.1 Å². The third kappa shape index (κ3) is 2.82. The van der Waals surface area contributed by atoms with Gasteiger partial charge >= 0.3 is 5.97 Å². The molecule has 2 aliphatic rings. The SMILES string of the molecule is CC1(C)C[C@H]([C@@H]2C(=O)OC[C@H]2O[Si](C)(C)C(C)(C)C)C1=O. The van der Waals surface area contributed by atoms with Crippen LogP contribution < -0.4 is 0 Å². The Morgan fingerprint density at radius 2 is 1.81 bits per heavy atom. The number of rotatable bonds is 3. The third-order valence-electron chi connectivity index (χ3n) is 5.48. The largest absolute Gasteiger partial charge is 0.463 e. The van der Waals surface area contributed by atoms with E-state index >= 15 is 0 Å². The van der Waals surface area contributed by atoms with E-state index in [0.717, 1.165) is 6.42 Å². The zero-order chi connectivity index (χ0) is 16.2. The van der Waals surface area contributed by atoms with Gasteiger partial charge in [-0.2, -0.15) is 0 Å². The van der Waals surface area contributed by atoms with Gasteiger partial charge in [-0.25, -0.2) is 0 Å². The number of carbonyl (C=O) groups is 2. The molecule has 1 aliphatic carbocycles. The minimum absolute atomic E-state index is 0.0755. The van der Waals surface area contributed by atoms with E-state index in [1.54, 1.807) is 0 Å². The molecule has 0 spiro atoms. The summed E-state index contributed by atoms with van der Waals surface area (Å²) in [5.74, 6) is -0.702. The summed E-state index contributed by atoms with van der Waals surface area (Å²) in [5.41, 5.74) is -0.297. The Morgan fingerprint density at radius 3 is 2.24 bits per heavy atom. The van der Waals surface area contributed by atoms with E-state index in [9.17, 15) is 9.59 Å². The number of ketones is 1. The summed E-state index contributed by atoms with van der Waals surface area (Å²) >= 11 is 0. The maximum atomic E-state index is 12.3. The van der Waals surface area contributed by atoms with E-state index in [0.29, 0.717) is 6.61 Å². The van der Waals surface area contributed by atoms with Crippen LogP contribution in [0.5, 0.6) is 0 Å². The molecule has 1 aliphatic heterocycles. The Balaban J connectivity index is 2.14. The fourth-order valence-corrected chi connectivity index (χ4v) is 4.33. The fraction of sp³-hybridized carbons (Fsp3) is 0.875. The van der Waals surface area contributed by atoms with Crippen molar-refractivity contribution in [3.63, 3.8) is 0 Å². The molecule has 21 heavy (non-hydrogen) atoms. The minimum Gasteiger partial charge on any atom is -0.463 e. The van der Waals surface area contributed by atoms with Crippen molar-refractivity contribution in [1.82, 2.24) is 0 Å². The second-order valence-corrected chi connectivity index (χ2v) is 13.4. The summed E-state index contributed by atoms with van der Waals surface area (Å²) in [5, 5.41) is 0.0755. The highest BCUT2D eigenvalue weighted by atomic mass is 28.4. The Labute approximate surface area is 128 Å². The molecule has 5 heteroatoms. The molecule has 4 nitrogen and oxygen atoms in total. The molecule has 0 aromatic rings. The quantitative estimate of drug-likeness (QED) is 0.593. The highest BCUT2D eigenvalue weighted by Crippen LogP contribution is 2.48. The lowest BCUT2D eigenvalue weighted by atomic mass is 9.58. The zero-order valence-electron chi connectivity index (χ0n) is 14.3. The zero-order valence-corrected chi connectivity index (χ0v) is 15.3. The van der Waals surface area contributed by atoms with Gasteiger partial charge in [0.2, 0.25) is 0 Å². The number of cyclic esters (lactones) is 1. The highest BCUT2D eigenvalue weighted by Gasteiger charge is 2.57. The Hall–Kier alpha value is -0.683. The smallest absolute Gasteiger partial charge is 0.312 e. The van der Waals surface area contributed by atoms with Crippen LogP contribution >= 0.6 is 0 Å². The van der Waals surface area contributed by atoms with Crippen LogP contribution in [-0.4, -0.2) is 32.8 Å². The standard InChI is InChI=1S/C16H28O4Si/c1-15(2,3)21(6,7)20-11-9-19-14(18)12(11)10-8-16(4,5)13(10)17/h10-12H,8-9H2,1-7H3/t10-,11-,12+/m1/s1. The van der Waals surface area contributed by atoms with E-state index in [-0.39, 0.29) is 34.2 Å². The van der Waals surface area contributed by atoms with Crippen molar-refractivity contribution in [2.75, 3.05) is 6.61 Å². The van der Waals surface area contributed by atoms with Crippen LogP contribution in [0.25, 0.3) is 0 Å². The number of carbonyl (C=O) groups excluding carboxylic acids is 2. The number of hydrogen-bond acceptors (Lipinski definition) is 4. The predicted molar refractivity (Wildman–Crippen MR) is 83.4 cm³/mol. The number of esters is 1. The normalized spacial score (nSPS) is 32.8. The van der Waals surface area contributed by atoms with Gasteiger partial charge in [-0.15, -0.1) is 0 Å². The van der Waals surface area contributed by atoms with Crippen molar-refractivity contribution in [1.29, 1.82) is 0 Å². The van der Waals surface area contributed by atoms with Gasteiger partial charge in [0.1, 0.15) is 12.4 Å². The number of Topliss-reactive ketones (excluding diaryl/α,β-unsaturated/α-hetero) is 1. The van der Waals surface area contributed by atoms with E-state index < -0.39 is 14.2 Å². The van der Waals surface area contributed by atoms with E-state index in [4.69, 9.17) is 9.16 Å². The second-order valence-electron chi connectivity index (χ2n) is 8.63. The van der Waals surface area contributed by atoms with Gasteiger partial charge in [-0.3, -0.25) is 9.59 Å². The maximum Gasteiger partial charge on any atom is 0.312 e. The number of ether oxygens (including phenoxy) is 1. The first kappa shape index (κ1) is 16.7. The van der Waals surface area contributed by atoms with Gasteiger partial charge in [0.15, 0.2) is 8.32 Å². The first-order valence-electron chi connectivity index (χ1n) is 7.75. The van der Waals surface area contributed by atoms with Gasteiger partial charge in [0.25, 0.3) is 0 Å². The van der Waals surface area contributed by atoms with Gasteiger partial charge < -0.3 is 9.16 Å². The molecular weight excluding hydrogens is 284 g/mol. The summed E-state index contributed by atoms with van der Waals surface area (Å²) < 4.78 is 11.6. The topological polar surface area (TPSA) is 52.6 Å². The van der Waals surface area contributed by atoms with Gasteiger partial charge in [-0.1, -0.05) is 34.6 Å². The van der Waals surface area contributed by atoms with Crippen LogP contribution in [-0.2, 0) is 18.8 Å². The molecule has 0 unspecified atom stereocenters. The summed E-state index contributed by atoms with van der Waals surface area (Å²) in [7, 11) is -1.98. The van der Waals surface area contributed by atoms with E-state index in [1.807, 2.05) is 13.8 Å². The van der Waals surface area contributed by atoms with Crippen molar-refractivity contribution in [2.45, 2.75) is 65.3 Å². The average Bonchev–Trinajstić information content (AvgIpc) is 2.65. The van der Waals surface area contributed by atoms with Crippen LogP contribution in [0.4, 0.5) is 0 Å². The molecule has 3 atom stereocenters. The third-order valence-corrected chi connectivity index (χ3v) is 9.99. The van der Waals surface area contributed by atoms with Crippen LogP contribution in [0.15, 0.2) is 0 Å². The summed E-state index contributed by atoms with van der Waals surface area (Å²) in [4.78, 5) is 24.3. The molecular formula is C16H28O4Si. The summed E-state index contributed by atoms with van der Waals surface area (Å²) in [6.07, 6.45) is 0.492. The summed E-state index contributed by atoms with van der Waals surface area (Å²) in [6, 6.07) is 0. The second kappa shape index (κ2) is 4.91. The van der Waals surface area contributed by atoms with Gasteiger partial charge in [0.05, 0.1) is 12.0 Å². The Morgan fingerprint density at radius 1 is 1.24 bits per heavy atom. The van der Waals surface area contributed by atoms with E-state index in [1.165, 1.54) is 0 Å². The molecule has 0 N–H and O–H groups in total. The molecule has 0 radical (unpaired) electrons. The lowest BCUT2D eigenvalue weighted by molar-refractivity contribution is -0.156. The molecule has 2 fully saturated rings. The van der Waals surface area contributed by atoms with Crippen LogP contribution in [0.1, 0.15) is 41.0 Å². The number of hydrogen-bond donors (Lipinski definition) is 0. The van der Waals surface area contributed by atoms with Gasteiger partial charge in [-0.05, 0) is 24.6 Å². The molecule has 0 bridgehead atoms. The molecule has 1 saturated carbocycles. The first-order valence-corrected chi connectivity index (χ1v) is 10.7. The predicted octanol–water partition coefficient (Wildman–Crippen LogP) is 3.17. The van der Waals surface area contributed by atoms with Crippen molar-refractivity contribution in [3.8, 4) is 0 Å². The Bertz CT molecular complexity index is 461. The van der Waals surface area contributed by atoms with Crippen LogP contribution in [0.3, 0.4) is 0 Å². The molecule has 1 heterocycles. The maximum absolute atomic E-state index is 12.3. The van der Waals surface area contributed by atoms with Crippen LogP contribution in [0, 0.1) is 17.3 Å². The molecule has 1 saturated heterocycles. The minimum atomic E-state index is -1.98. The summed E-state index contributed by atoms with van der Waals surface area (Å²) in [6.45, 7) is 15.0. The molecule has 0 aromatic heterocycles. The van der Waals surface area contributed by atoms with Crippen LogP contribution in [0.2, 0.25) is 18.1 Å². The van der Waals surface area contributed by atoms with Crippen molar-refractivity contribution in [3.05, 3.63) is 0 Å². The molecule has 120 valence electrons. The molecule has 0 amide bonds. The Kier molecular flexibility index (Phi) is 3.90. The van der Waals surface area contributed by atoms with Crippen molar-refractivity contribution in [2.24, 2.45) is 17.3 Å². The average molecular weight is 312 g/mol. The lowest BCUT2D eigenvalue weighted by Gasteiger charge is -2.45. The molecule has 2 rings (SSSR count). The highest BCUT2D eigenvalue weighted by molar-refractivity contribution is 6.74. The molecule has 0 aromatic carbocycles. The first-order chi connectivity index (χ1) is 9.37. The van der Waals surface area contributed by atoms with Crippen molar-refractivity contribution < 1.29 is 18.8 Å². The lowest BCUT2D eigenvalue weighted by Crippen LogP contribution is -2.54.